The van der Waals surface area contributed by atoms with E-state index in [-0.39, 0.29) is 52.4 Å². The van der Waals surface area contributed by atoms with Gasteiger partial charge in [0, 0.05) is 37.2 Å². The predicted molar refractivity (Wildman–Crippen MR) is 156 cm³/mol. The molecule has 1 atom stereocenters. The van der Waals surface area contributed by atoms with E-state index in [2.05, 4.69) is 15.9 Å². The molecule has 9 nitrogen and oxygen atoms in total. The van der Waals surface area contributed by atoms with Gasteiger partial charge in [-0.25, -0.2) is 8.78 Å². The molecule has 0 bridgehead atoms. The molecule has 3 aromatic carbocycles. The highest BCUT2D eigenvalue weighted by atomic mass is 19.1. The van der Waals surface area contributed by atoms with Crippen LogP contribution in [0.5, 0.6) is 6.01 Å². The number of halogens is 2. The number of benzene rings is 3. The van der Waals surface area contributed by atoms with Crippen molar-refractivity contribution in [1.82, 2.24) is 9.97 Å². The minimum atomic E-state index is -1.06. The molecule has 0 spiro atoms. The quantitative estimate of drug-likeness (QED) is 0.168. The van der Waals surface area contributed by atoms with E-state index in [9.17, 15) is 19.6 Å². The van der Waals surface area contributed by atoms with Crippen LogP contribution in [0.1, 0.15) is 39.2 Å². The molecule has 0 saturated carbocycles. The van der Waals surface area contributed by atoms with Crippen LogP contribution in [0.25, 0.3) is 32.8 Å². The number of fused-ring (bicyclic) bond motifs is 2. The average molecular weight is 577 g/mol. The van der Waals surface area contributed by atoms with E-state index in [4.69, 9.17) is 15.9 Å². The predicted octanol–water partition coefficient (Wildman–Crippen LogP) is 5.77. The summed E-state index contributed by atoms with van der Waals surface area (Å²) in [6.07, 6.45) is 6.79. The molecule has 1 aliphatic rings. The number of ether oxygens (including phenoxy) is 2. The number of methoxy groups -OCH3 is 1. The van der Waals surface area contributed by atoms with Crippen molar-refractivity contribution in [1.29, 1.82) is 0 Å². The fraction of sp³-hybridized carbons (Fsp3) is 0.355. The Balaban J connectivity index is 1.83. The summed E-state index contributed by atoms with van der Waals surface area (Å²) in [6, 6.07) is 8.43. The monoisotopic (exact) mass is 576 g/mol. The van der Waals surface area contributed by atoms with E-state index in [1.807, 2.05) is 0 Å². The molecule has 0 amide bonds. The lowest BCUT2D eigenvalue weighted by molar-refractivity contribution is -0.384. The first-order valence-corrected chi connectivity index (χ1v) is 13.4. The molecule has 1 aromatic heterocycles. The molecule has 11 heteroatoms. The fourth-order valence-corrected chi connectivity index (χ4v) is 5.28. The zero-order chi connectivity index (χ0) is 30.4. The Labute approximate surface area is 241 Å². The number of hydrogen-bond donors (Lipinski definition) is 1. The van der Waals surface area contributed by atoms with Gasteiger partial charge < -0.3 is 19.5 Å². The average Bonchev–Trinajstić information content (AvgIpc) is 2.95. The second-order valence-electron chi connectivity index (χ2n) is 11.3. The Kier molecular flexibility index (Phi) is 7.47. The van der Waals surface area contributed by atoms with Crippen molar-refractivity contribution >= 4 is 33.2 Å². The highest BCUT2D eigenvalue weighted by Crippen LogP contribution is 2.44. The number of aromatic nitrogens is 2. The Bertz CT molecular complexity index is 1770. The van der Waals surface area contributed by atoms with Gasteiger partial charge >= 0.3 is 6.01 Å². The van der Waals surface area contributed by atoms with Crippen LogP contribution in [0.4, 0.5) is 20.3 Å². The Hall–Kier alpha value is -4.40. The maximum atomic E-state index is 16.8. The first-order chi connectivity index (χ1) is 19.9. The minimum absolute atomic E-state index is 0.0295. The third-order valence-electron chi connectivity index (χ3n) is 7.55. The van der Waals surface area contributed by atoms with E-state index in [1.54, 1.807) is 37.8 Å². The second-order valence-corrected chi connectivity index (χ2v) is 11.3. The van der Waals surface area contributed by atoms with Gasteiger partial charge in [0.25, 0.3) is 5.69 Å². The van der Waals surface area contributed by atoms with Crippen LogP contribution in [0.2, 0.25) is 0 Å². The number of anilines is 1. The van der Waals surface area contributed by atoms with Crippen LogP contribution in [0, 0.1) is 34.1 Å². The zero-order valence-electron chi connectivity index (χ0n) is 23.7. The second kappa shape index (κ2) is 10.8. The van der Waals surface area contributed by atoms with E-state index in [0.717, 1.165) is 0 Å². The molecular formula is C31H30F2N4O5. The molecule has 42 heavy (non-hydrogen) atoms. The smallest absolute Gasteiger partial charge is 0.319 e. The molecule has 1 fully saturated rings. The van der Waals surface area contributed by atoms with E-state index < -0.39 is 39.0 Å². The molecule has 1 saturated heterocycles. The standard InChI is InChI=1S/C31H30F2N4O5/c1-6-19-22(32)12-11-18-9-7-10-20(24(18)19)25-23(37(39)40)15-21-27(26(25)33)34-29(42-17-30(2,3)41-5)35-28(21)36-14-8-13-31(4,38)16-36/h1,7,9-12,15,38H,8,13-14,16-17H2,2-5H3/t31-/m1/s1. The van der Waals surface area contributed by atoms with Gasteiger partial charge in [-0.05, 0) is 45.1 Å². The highest BCUT2D eigenvalue weighted by Gasteiger charge is 2.33. The third kappa shape index (κ3) is 5.31. The first-order valence-electron chi connectivity index (χ1n) is 13.4. The van der Waals surface area contributed by atoms with Crippen molar-refractivity contribution in [2.24, 2.45) is 0 Å². The lowest BCUT2D eigenvalue weighted by Gasteiger charge is -2.38. The molecule has 0 unspecified atom stereocenters. The van der Waals surface area contributed by atoms with Crippen LogP contribution in [-0.4, -0.2) is 58.0 Å². The Morgan fingerprint density at radius 2 is 2.02 bits per heavy atom. The molecule has 218 valence electrons. The fourth-order valence-electron chi connectivity index (χ4n) is 5.28. The topological polar surface area (TPSA) is 111 Å². The third-order valence-corrected chi connectivity index (χ3v) is 7.55. The summed E-state index contributed by atoms with van der Waals surface area (Å²) >= 11 is 0. The van der Waals surface area contributed by atoms with Crippen molar-refractivity contribution < 1.29 is 28.3 Å². The molecule has 1 N–H and O–H groups in total. The van der Waals surface area contributed by atoms with Crippen molar-refractivity contribution in [2.45, 2.75) is 44.8 Å². The number of nitro benzene ring substituents is 1. The summed E-state index contributed by atoms with van der Waals surface area (Å²) in [5.74, 6) is 0.770. The summed E-state index contributed by atoms with van der Waals surface area (Å²) in [5, 5.41) is 24.0. The van der Waals surface area contributed by atoms with Crippen molar-refractivity contribution in [2.75, 3.05) is 31.7 Å². The van der Waals surface area contributed by atoms with Crippen LogP contribution in [0.15, 0.2) is 36.4 Å². The molecular weight excluding hydrogens is 546 g/mol. The van der Waals surface area contributed by atoms with Crippen LogP contribution in [0.3, 0.4) is 0 Å². The van der Waals surface area contributed by atoms with Gasteiger partial charge in [-0.15, -0.1) is 6.42 Å². The number of nitrogens with zero attached hydrogens (tertiary/aromatic N) is 4. The van der Waals surface area contributed by atoms with E-state index in [0.29, 0.717) is 24.8 Å². The van der Waals surface area contributed by atoms with Gasteiger partial charge in [-0.1, -0.05) is 30.2 Å². The molecule has 1 aliphatic heterocycles. The molecule has 5 rings (SSSR count). The van der Waals surface area contributed by atoms with Gasteiger partial charge in [0.05, 0.1) is 32.6 Å². The van der Waals surface area contributed by atoms with Crippen molar-refractivity contribution in [3.05, 3.63) is 63.7 Å². The molecule has 4 aromatic rings. The molecule has 0 aliphatic carbocycles. The number of aliphatic hydroxyl groups is 1. The van der Waals surface area contributed by atoms with Crippen LogP contribution >= 0.6 is 0 Å². The van der Waals surface area contributed by atoms with Gasteiger partial charge in [0.2, 0.25) is 0 Å². The number of terminal acetylenes is 1. The summed E-state index contributed by atoms with van der Waals surface area (Å²) in [6.45, 7) is 5.93. The van der Waals surface area contributed by atoms with Crippen molar-refractivity contribution in [3.8, 4) is 29.5 Å². The van der Waals surface area contributed by atoms with E-state index in [1.165, 1.54) is 31.4 Å². The van der Waals surface area contributed by atoms with Crippen molar-refractivity contribution in [3.63, 3.8) is 0 Å². The largest absolute Gasteiger partial charge is 0.460 e. The van der Waals surface area contributed by atoms with Gasteiger partial charge in [0.15, 0.2) is 5.82 Å². The number of β-amino-alcohol motifs (C(OH)–C–C–N with tert-alkyl or cyclic N) is 1. The first kappa shape index (κ1) is 29.1. The molecule has 2 heterocycles. The van der Waals surface area contributed by atoms with Gasteiger partial charge in [-0.3, -0.25) is 10.1 Å². The lowest BCUT2D eigenvalue weighted by Crippen LogP contribution is -2.46. The zero-order valence-corrected chi connectivity index (χ0v) is 23.7. The number of nitro groups is 1. The summed E-state index contributed by atoms with van der Waals surface area (Å²) in [7, 11) is 1.52. The van der Waals surface area contributed by atoms with E-state index >= 15 is 4.39 Å². The Morgan fingerprint density at radius 3 is 2.69 bits per heavy atom. The maximum absolute atomic E-state index is 16.8. The molecule has 0 radical (unpaired) electrons. The highest BCUT2D eigenvalue weighted by molar-refractivity contribution is 6.06. The normalized spacial score (nSPS) is 17.4. The van der Waals surface area contributed by atoms with Crippen LogP contribution in [-0.2, 0) is 4.74 Å². The summed E-state index contributed by atoms with van der Waals surface area (Å²) in [5.41, 5.74) is -3.05. The number of hydrogen-bond acceptors (Lipinski definition) is 8. The summed E-state index contributed by atoms with van der Waals surface area (Å²) < 4.78 is 42.8. The lowest BCUT2D eigenvalue weighted by atomic mass is 9.92. The minimum Gasteiger partial charge on any atom is -0.460 e. The Morgan fingerprint density at radius 1 is 1.26 bits per heavy atom. The number of piperidine rings is 1. The van der Waals surface area contributed by atoms with Gasteiger partial charge in [-0.2, -0.15) is 9.97 Å². The maximum Gasteiger partial charge on any atom is 0.319 e. The number of rotatable bonds is 7. The van der Waals surface area contributed by atoms with Crippen LogP contribution < -0.4 is 9.64 Å². The summed E-state index contributed by atoms with van der Waals surface area (Å²) in [4.78, 5) is 22.3. The van der Waals surface area contributed by atoms with Gasteiger partial charge in [0.1, 0.15) is 23.8 Å². The SMILES string of the molecule is C#Cc1c(F)ccc2cccc(-c3c([N+](=O)[O-])cc4c(N5CCC[C@@](C)(O)C5)nc(OCC(C)(C)OC)nc4c3F)c12.